The van der Waals surface area contributed by atoms with Crippen LogP contribution in [-0.2, 0) is 9.53 Å². The smallest absolute Gasteiger partial charge is 0.325 e. The molecule has 0 atom stereocenters. The van der Waals surface area contributed by atoms with Gasteiger partial charge in [0.1, 0.15) is 12.2 Å². The van der Waals surface area contributed by atoms with E-state index in [1.165, 1.54) is 30.2 Å². The molecule has 0 aliphatic rings. The van der Waals surface area contributed by atoms with Crippen molar-refractivity contribution in [2.75, 3.05) is 19.7 Å². The lowest BCUT2D eigenvalue weighted by molar-refractivity contribution is -0.143. The van der Waals surface area contributed by atoms with Gasteiger partial charge in [0, 0.05) is 18.3 Å². The third-order valence-electron chi connectivity index (χ3n) is 2.58. The number of hydrogen-bond acceptors (Lipinski definition) is 4. The van der Waals surface area contributed by atoms with Crippen molar-refractivity contribution in [3.8, 4) is 0 Å². The predicted octanol–water partition coefficient (Wildman–Crippen LogP) is 1.41. The number of carbonyl (C=O) groups is 3. The standard InChI is InChI=1S/C14H18N2O4/c1-4-6-16(9-13(18)20-5-2)14(19)12-7-11(8-15-12)10(3)17/h4,7-8,15H,1,5-6,9H2,2-3H3. The van der Waals surface area contributed by atoms with Crippen LogP contribution in [0.15, 0.2) is 24.9 Å². The Labute approximate surface area is 117 Å². The predicted molar refractivity (Wildman–Crippen MR) is 73.5 cm³/mol. The number of amides is 1. The lowest BCUT2D eigenvalue weighted by Gasteiger charge is -2.19. The van der Waals surface area contributed by atoms with E-state index < -0.39 is 5.97 Å². The molecule has 0 bridgehead atoms. The van der Waals surface area contributed by atoms with Gasteiger partial charge in [0.15, 0.2) is 5.78 Å². The average molecular weight is 278 g/mol. The summed E-state index contributed by atoms with van der Waals surface area (Å²) in [5.74, 6) is -1.01. The van der Waals surface area contributed by atoms with Crippen LogP contribution >= 0.6 is 0 Å². The van der Waals surface area contributed by atoms with Crippen LogP contribution in [0.5, 0.6) is 0 Å². The van der Waals surface area contributed by atoms with Gasteiger partial charge in [0.2, 0.25) is 0 Å². The van der Waals surface area contributed by atoms with Crippen LogP contribution < -0.4 is 0 Å². The minimum absolute atomic E-state index is 0.138. The normalized spacial score (nSPS) is 9.90. The number of hydrogen-bond donors (Lipinski definition) is 1. The number of ketones is 1. The molecule has 1 aromatic rings. The molecular formula is C14H18N2O4. The number of Topliss-reactive ketones (excluding diaryl/α,β-unsaturated/α-hetero) is 1. The summed E-state index contributed by atoms with van der Waals surface area (Å²) in [6, 6.07) is 1.46. The van der Waals surface area contributed by atoms with Gasteiger partial charge in [0.05, 0.1) is 6.61 Å². The van der Waals surface area contributed by atoms with E-state index >= 15 is 0 Å². The van der Waals surface area contributed by atoms with Crippen molar-refractivity contribution < 1.29 is 19.1 Å². The fourth-order valence-corrected chi connectivity index (χ4v) is 1.63. The van der Waals surface area contributed by atoms with Gasteiger partial charge >= 0.3 is 5.97 Å². The number of nitrogens with one attached hydrogen (secondary N) is 1. The summed E-state index contributed by atoms with van der Waals surface area (Å²) in [5.41, 5.74) is 0.671. The highest BCUT2D eigenvalue weighted by Crippen LogP contribution is 2.08. The van der Waals surface area contributed by atoms with Crippen molar-refractivity contribution >= 4 is 17.7 Å². The molecule has 0 saturated heterocycles. The van der Waals surface area contributed by atoms with E-state index in [1.807, 2.05) is 0 Å². The lowest BCUT2D eigenvalue weighted by atomic mass is 10.2. The van der Waals surface area contributed by atoms with E-state index in [4.69, 9.17) is 4.74 Å². The van der Waals surface area contributed by atoms with E-state index in [0.717, 1.165) is 0 Å². The minimum atomic E-state index is -0.485. The van der Waals surface area contributed by atoms with E-state index in [9.17, 15) is 14.4 Å². The van der Waals surface area contributed by atoms with Crippen molar-refractivity contribution in [3.05, 3.63) is 36.2 Å². The highest BCUT2D eigenvalue weighted by atomic mass is 16.5. The summed E-state index contributed by atoms with van der Waals surface area (Å²) in [4.78, 5) is 38.9. The highest BCUT2D eigenvalue weighted by molar-refractivity contribution is 5.99. The number of carbonyl (C=O) groups excluding carboxylic acids is 3. The summed E-state index contributed by atoms with van der Waals surface area (Å²) in [5, 5.41) is 0. The summed E-state index contributed by atoms with van der Waals surface area (Å²) in [6.45, 7) is 6.97. The third-order valence-corrected chi connectivity index (χ3v) is 2.58. The minimum Gasteiger partial charge on any atom is -0.465 e. The molecule has 0 saturated carbocycles. The van der Waals surface area contributed by atoms with E-state index in [2.05, 4.69) is 11.6 Å². The molecule has 0 aromatic carbocycles. The van der Waals surface area contributed by atoms with Crippen LogP contribution in [0, 0.1) is 0 Å². The van der Waals surface area contributed by atoms with E-state index in [0.29, 0.717) is 5.56 Å². The van der Waals surface area contributed by atoms with Gasteiger partial charge in [-0.25, -0.2) is 0 Å². The Morgan fingerprint density at radius 1 is 1.45 bits per heavy atom. The zero-order valence-electron chi connectivity index (χ0n) is 11.6. The van der Waals surface area contributed by atoms with Crippen LogP contribution in [0.1, 0.15) is 34.7 Å². The van der Waals surface area contributed by atoms with Gasteiger partial charge in [-0.1, -0.05) is 6.08 Å². The van der Waals surface area contributed by atoms with Crippen LogP contribution in [-0.4, -0.2) is 47.2 Å². The molecule has 0 unspecified atom stereocenters. The quantitative estimate of drug-likeness (QED) is 0.464. The van der Waals surface area contributed by atoms with Gasteiger partial charge in [-0.05, 0) is 19.9 Å². The van der Waals surface area contributed by atoms with Crippen LogP contribution in [0.25, 0.3) is 0 Å². The maximum absolute atomic E-state index is 12.2. The van der Waals surface area contributed by atoms with Crippen molar-refractivity contribution in [1.29, 1.82) is 0 Å². The number of ether oxygens (including phenoxy) is 1. The summed E-state index contributed by atoms with van der Waals surface area (Å²) < 4.78 is 4.82. The first-order valence-corrected chi connectivity index (χ1v) is 6.24. The van der Waals surface area contributed by atoms with Crippen LogP contribution in [0.3, 0.4) is 0 Å². The topological polar surface area (TPSA) is 79.5 Å². The molecule has 0 aliphatic carbocycles. The molecule has 1 aromatic heterocycles. The maximum atomic E-state index is 12.2. The Bertz CT molecular complexity index is 519. The first kappa shape index (κ1) is 15.7. The number of aromatic amines is 1. The molecule has 20 heavy (non-hydrogen) atoms. The second-order valence-electron chi connectivity index (χ2n) is 4.14. The van der Waals surface area contributed by atoms with Crippen LogP contribution in [0.2, 0.25) is 0 Å². The first-order chi connectivity index (χ1) is 9.49. The molecule has 1 amide bonds. The second kappa shape index (κ2) is 7.28. The van der Waals surface area contributed by atoms with Gasteiger partial charge in [-0.2, -0.15) is 0 Å². The fourth-order valence-electron chi connectivity index (χ4n) is 1.63. The average Bonchev–Trinajstić information content (AvgIpc) is 2.87. The largest absolute Gasteiger partial charge is 0.465 e. The number of nitrogens with zero attached hydrogens (tertiary/aromatic N) is 1. The molecule has 1 rings (SSSR count). The molecule has 6 heteroatoms. The maximum Gasteiger partial charge on any atom is 0.325 e. The fraction of sp³-hybridized carbons (Fsp3) is 0.357. The van der Waals surface area contributed by atoms with Gasteiger partial charge in [-0.3, -0.25) is 14.4 Å². The first-order valence-electron chi connectivity index (χ1n) is 6.24. The SMILES string of the molecule is C=CCN(CC(=O)OCC)C(=O)c1cc(C(C)=O)c[nH]1. The molecule has 0 radical (unpaired) electrons. The molecular weight excluding hydrogens is 260 g/mol. The Hall–Kier alpha value is -2.37. The van der Waals surface area contributed by atoms with Crippen molar-refractivity contribution in [3.63, 3.8) is 0 Å². The number of aromatic nitrogens is 1. The van der Waals surface area contributed by atoms with Crippen molar-refractivity contribution in [1.82, 2.24) is 9.88 Å². The highest BCUT2D eigenvalue weighted by Gasteiger charge is 2.20. The molecule has 0 spiro atoms. The zero-order valence-corrected chi connectivity index (χ0v) is 11.6. The Kier molecular flexibility index (Phi) is 5.71. The Balaban J connectivity index is 2.84. The molecule has 1 N–H and O–H groups in total. The van der Waals surface area contributed by atoms with Crippen LogP contribution in [0.4, 0.5) is 0 Å². The third kappa shape index (κ3) is 4.08. The molecule has 1 heterocycles. The molecule has 0 fully saturated rings. The van der Waals surface area contributed by atoms with Gasteiger partial charge in [0.25, 0.3) is 5.91 Å². The summed E-state index contributed by atoms with van der Waals surface area (Å²) in [7, 11) is 0. The molecule has 6 nitrogen and oxygen atoms in total. The van der Waals surface area contributed by atoms with E-state index in [-0.39, 0.29) is 37.1 Å². The number of H-pyrrole nitrogens is 1. The Morgan fingerprint density at radius 2 is 2.15 bits per heavy atom. The monoisotopic (exact) mass is 278 g/mol. The number of esters is 1. The van der Waals surface area contributed by atoms with E-state index in [1.54, 1.807) is 6.92 Å². The summed E-state index contributed by atoms with van der Waals surface area (Å²) in [6.07, 6.45) is 2.98. The van der Waals surface area contributed by atoms with Crippen molar-refractivity contribution in [2.45, 2.75) is 13.8 Å². The lowest BCUT2D eigenvalue weighted by Crippen LogP contribution is -2.36. The number of rotatable bonds is 7. The summed E-state index contributed by atoms with van der Waals surface area (Å²) >= 11 is 0. The Morgan fingerprint density at radius 3 is 2.65 bits per heavy atom. The van der Waals surface area contributed by atoms with Gasteiger partial charge in [-0.15, -0.1) is 6.58 Å². The molecule has 108 valence electrons. The van der Waals surface area contributed by atoms with Crippen molar-refractivity contribution in [2.24, 2.45) is 0 Å². The molecule has 0 aliphatic heterocycles. The zero-order chi connectivity index (χ0) is 15.1. The van der Waals surface area contributed by atoms with Gasteiger partial charge < -0.3 is 14.6 Å². The second-order valence-corrected chi connectivity index (χ2v) is 4.14.